The van der Waals surface area contributed by atoms with Crippen LogP contribution in [0.1, 0.15) is 11.1 Å². The zero-order valence-electron chi connectivity index (χ0n) is 13.4. The summed E-state index contributed by atoms with van der Waals surface area (Å²) in [5.74, 6) is 0.868. The topological polar surface area (TPSA) is 22.1 Å². The summed E-state index contributed by atoms with van der Waals surface area (Å²) in [5.41, 5.74) is 3.36. The number of rotatable bonds is 3. The summed E-state index contributed by atoms with van der Waals surface area (Å²) in [6.45, 7) is 0. The van der Waals surface area contributed by atoms with Gasteiger partial charge in [-0.1, -0.05) is 60.7 Å². The third-order valence-corrected chi connectivity index (χ3v) is 4.22. The smallest absolute Gasteiger partial charge is 0.118 e. The fraction of sp³-hybridized carbons (Fsp3) is 0.0455. The lowest BCUT2D eigenvalue weighted by atomic mass is 10.00. The van der Waals surface area contributed by atoms with Gasteiger partial charge in [-0.15, -0.1) is 0 Å². The van der Waals surface area contributed by atoms with Gasteiger partial charge in [0.2, 0.25) is 0 Å². The van der Waals surface area contributed by atoms with Crippen LogP contribution < -0.4 is 4.74 Å². The van der Waals surface area contributed by atoms with Gasteiger partial charge in [-0.2, -0.15) is 0 Å². The standard InChI is InChI=1S/C22H17NO/c1-24-20-13-8-16(9-14-20)7-10-17-4-2-5-18-11-12-19-6-3-15-23-22(19)21(17)18/h2-15H,1H3/b10-7+. The molecule has 0 saturated heterocycles. The molecule has 0 N–H and O–H groups in total. The Morgan fingerprint density at radius 2 is 1.58 bits per heavy atom. The zero-order chi connectivity index (χ0) is 16.4. The Morgan fingerprint density at radius 3 is 2.42 bits per heavy atom. The van der Waals surface area contributed by atoms with Crippen LogP contribution in [-0.2, 0) is 0 Å². The maximum atomic E-state index is 5.21. The van der Waals surface area contributed by atoms with Crippen LogP contribution in [0, 0.1) is 0 Å². The van der Waals surface area contributed by atoms with E-state index in [0.29, 0.717) is 0 Å². The van der Waals surface area contributed by atoms with E-state index in [2.05, 4.69) is 65.7 Å². The molecule has 0 aliphatic rings. The van der Waals surface area contributed by atoms with Crippen LogP contribution in [-0.4, -0.2) is 12.1 Å². The van der Waals surface area contributed by atoms with Crippen LogP contribution in [0.2, 0.25) is 0 Å². The van der Waals surface area contributed by atoms with E-state index in [1.165, 1.54) is 16.3 Å². The van der Waals surface area contributed by atoms with Crippen LogP contribution in [0.15, 0.2) is 72.9 Å². The van der Waals surface area contributed by atoms with Crippen molar-refractivity contribution in [3.8, 4) is 5.75 Å². The number of ether oxygens (including phenoxy) is 1. The summed E-state index contributed by atoms with van der Waals surface area (Å²) in [5, 5.41) is 3.56. The summed E-state index contributed by atoms with van der Waals surface area (Å²) in [6.07, 6.45) is 6.12. The largest absolute Gasteiger partial charge is 0.497 e. The number of aromatic nitrogens is 1. The normalized spacial score (nSPS) is 11.4. The van der Waals surface area contributed by atoms with Gasteiger partial charge < -0.3 is 4.74 Å². The molecular formula is C22H17NO. The monoisotopic (exact) mass is 311 g/mol. The van der Waals surface area contributed by atoms with E-state index in [9.17, 15) is 0 Å². The molecule has 4 aromatic rings. The number of benzene rings is 3. The van der Waals surface area contributed by atoms with Crippen LogP contribution in [0.4, 0.5) is 0 Å². The minimum atomic E-state index is 0.868. The van der Waals surface area contributed by atoms with Crippen LogP contribution in [0.5, 0.6) is 5.75 Å². The van der Waals surface area contributed by atoms with Crippen molar-refractivity contribution >= 4 is 33.8 Å². The van der Waals surface area contributed by atoms with E-state index in [1.54, 1.807) is 7.11 Å². The Balaban J connectivity index is 1.83. The minimum Gasteiger partial charge on any atom is -0.497 e. The molecule has 116 valence electrons. The number of nitrogens with zero attached hydrogens (tertiary/aromatic N) is 1. The van der Waals surface area contributed by atoms with Crippen molar-refractivity contribution in [3.63, 3.8) is 0 Å². The lowest BCUT2D eigenvalue weighted by Crippen LogP contribution is -1.85. The van der Waals surface area contributed by atoms with Crippen molar-refractivity contribution in [2.45, 2.75) is 0 Å². The third kappa shape index (κ3) is 2.63. The molecule has 1 heterocycles. The van der Waals surface area contributed by atoms with Gasteiger partial charge in [0.05, 0.1) is 12.6 Å². The van der Waals surface area contributed by atoms with Crippen molar-refractivity contribution in [3.05, 3.63) is 84.1 Å². The highest BCUT2D eigenvalue weighted by atomic mass is 16.5. The Morgan fingerprint density at radius 1 is 0.792 bits per heavy atom. The first-order valence-electron chi connectivity index (χ1n) is 7.94. The molecule has 0 fully saturated rings. The molecule has 0 atom stereocenters. The average Bonchev–Trinajstić information content (AvgIpc) is 2.66. The molecule has 24 heavy (non-hydrogen) atoms. The highest BCUT2D eigenvalue weighted by Crippen LogP contribution is 2.28. The summed E-state index contributed by atoms with van der Waals surface area (Å²) in [6, 6.07) is 22.8. The number of methoxy groups -OCH3 is 1. The molecule has 2 nitrogen and oxygen atoms in total. The number of pyridine rings is 1. The Bertz CT molecular complexity index is 1030. The van der Waals surface area contributed by atoms with E-state index >= 15 is 0 Å². The molecule has 0 aliphatic carbocycles. The quantitative estimate of drug-likeness (QED) is 0.364. The maximum Gasteiger partial charge on any atom is 0.118 e. The molecule has 0 bridgehead atoms. The SMILES string of the molecule is COc1ccc(/C=C/c2cccc3ccc4cccnc4c23)cc1. The molecule has 0 radical (unpaired) electrons. The average molecular weight is 311 g/mol. The van der Waals surface area contributed by atoms with Gasteiger partial charge in [-0.3, -0.25) is 4.98 Å². The number of fused-ring (bicyclic) bond motifs is 3. The summed E-state index contributed by atoms with van der Waals surface area (Å²) in [4.78, 5) is 4.60. The summed E-state index contributed by atoms with van der Waals surface area (Å²) in [7, 11) is 1.68. The molecule has 0 spiro atoms. The minimum absolute atomic E-state index is 0.868. The fourth-order valence-electron chi connectivity index (χ4n) is 2.98. The summed E-state index contributed by atoms with van der Waals surface area (Å²) < 4.78 is 5.21. The van der Waals surface area contributed by atoms with Crippen molar-refractivity contribution in [2.75, 3.05) is 7.11 Å². The maximum absolute atomic E-state index is 5.21. The van der Waals surface area contributed by atoms with Crippen LogP contribution in [0.25, 0.3) is 33.8 Å². The van der Waals surface area contributed by atoms with Crippen molar-refractivity contribution in [2.24, 2.45) is 0 Å². The second kappa shape index (κ2) is 6.17. The van der Waals surface area contributed by atoms with E-state index < -0.39 is 0 Å². The van der Waals surface area contributed by atoms with E-state index in [1.807, 2.05) is 24.4 Å². The van der Waals surface area contributed by atoms with Gasteiger partial charge in [-0.25, -0.2) is 0 Å². The highest BCUT2D eigenvalue weighted by molar-refractivity contribution is 6.09. The van der Waals surface area contributed by atoms with Gasteiger partial charge in [0, 0.05) is 17.0 Å². The molecule has 3 aromatic carbocycles. The Labute approximate surface area is 141 Å². The predicted octanol–water partition coefficient (Wildman–Crippen LogP) is 5.57. The molecule has 0 amide bonds. The lowest BCUT2D eigenvalue weighted by molar-refractivity contribution is 0.415. The molecule has 0 unspecified atom stereocenters. The highest BCUT2D eigenvalue weighted by Gasteiger charge is 2.04. The Hall–Kier alpha value is -3.13. The Kier molecular flexibility index (Phi) is 3.72. The zero-order valence-corrected chi connectivity index (χ0v) is 13.4. The van der Waals surface area contributed by atoms with E-state index in [4.69, 9.17) is 4.74 Å². The van der Waals surface area contributed by atoms with Crippen molar-refractivity contribution in [1.82, 2.24) is 4.98 Å². The first-order chi connectivity index (χ1) is 11.8. The second-order valence-corrected chi connectivity index (χ2v) is 5.69. The molecule has 4 rings (SSSR count). The molecule has 0 aliphatic heterocycles. The molecule has 1 aromatic heterocycles. The number of hydrogen-bond donors (Lipinski definition) is 0. The third-order valence-electron chi connectivity index (χ3n) is 4.22. The molecule has 2 heteroatoms. The molecular weight excluding hydrogens is 294 g/mol. The van der Waals surface area contributed by atoms with Crippen molar-refractivity contribution in [1.29, 1.82) is 0 Å². The van der Waals surface area contributed by atoms with Gasteiger partial charge >= 0.3 is 0 Å². The number of hydrogen-bond acceptors (Lipinski definition) is 2. The first kappa shape index (κ1) is 14.5. The van der Waals surface area contributed by atoms with Crippen molar-refractivity contribution < 1.29 is 4.74 Å². The first-order valence-corrected chi connectivity index (χ1v) is 7.94. The van der Waals surface area contributed by atoms with E-state index in [-0.39, 0.29) is 0 Å². The second-order valence-electron chi connectivity index (χ2n) is 5.69. The molecule has 0 saturated carbocycles. The van der Waals surface area contributed by atoms with E-state index in [0.717, 1.165) is 22.2 Å². The van der Waals surface area contributed by atoms with Gasteiger partial charge in [0.25, 0.3) is 0 Å². The fourth-order valence-corrected chi connectivity index (χ4v) is 2.98. The predicted molar refractivity (Wildman–Crippen MR) is 101 cm³/mol. The van der Waals surface area contributed by atoms with Crippen LogP contribution in [0.3, 0.4) is 0 Å². The van der Waals surface area contributed by atoms with Gasteiger partial charge in [-0.05, 0) is 34.7 Å². The van der Waals surface area contributed by atoms with Gasteiger partial charge in [0.15, 0.2) is 0 Å². The summed E-state index contributed by atoms with van der Waals surface area (Å²) >= 11 is 0. The van der Waals surface area contributed by atoms with Crippen LogP contribution >= 0.6 is 0 Å². The van der Waals surface area contributed by atoms with Gasteiger partial charge in [0.1, 0.15) is 5.75 Å². The lowest BCUT2D eigenvalue weighted by Gasteiger charge is -2.06.